The Kier molecular flexibility index (Phi) is 4.23. The van der Waals surface area contributed by atoms with Crippen LogP contribution in [0, 0.1) is 6.92 Å². The topological polar surface area (TPSA) is 64.0 Å². The molecule has 0 spiro atoms. The molecule has 1 aromatic heterocycles. The van der Waals surface area contributed by atoms with Gasteiger partial charge in [0.05, 0.1) is 0 Å². The summed E-state index contributed by atoms with van der Waals surface area (Å²) in [7, 11) is -3.58. The van der Waals surface area contributed by atoms with Crippen molar-refractivity contribution in [1.29, 1.82) is 0 Å². The monoisotopic (exact) mass is 305 g/mol. The number of hydrogen-bond acceptors (Lipinski definition) is 3. The lowest BCUT2D eigenvalue weighted by molar-refractivity contribution is 0.252. The molecule has 0 aliphatic heterocycles. The Bertz CT molecular complexity index is 544. The molecule has 0 saturated heterocycles. The SMILES string of the molecule is CCCn1cc(S(=O)(=O)NC2(CCl)CCC2)nc1C. The van der Waals surface area contributed by atoms with Crippen molar-refractivity contribution in [3.8, 4) is 0 Å². The molecule has 0 aromatic carbocycles. The Labute approximate surface area is 119 Å². The van der Waals surface area contributed by atoms with Crippen molar-refractivity contribution < 1.29 is 8.42 Å². The lowest BCUT2D eigenvalue weighted by Gasteiger charge is -2.40. The van der Waals surface area contributed by atoms with Gasteiger partial charge in [0.25, 0.3) is 10.0 Å². The van der Waals surface area contributed by atoms with E-state index in [9.17, 15) is 8.42 Å². The van der Waals surface area contributed by atoms with E-state index < -0.39 is 15.6 Å². The predicted molar refractivity (Wildman–Crippen MR) is 74.9 cm³/mol. The second kappa shape index (κ2) is 5.42. The quantitative estimate of drug-likeness (QED) is 0.818. The van der Waals surface area contributed by atoms with Gasteiger partial charge in [-0.1, -0.05) is 6.92 Å². The molecule has 19 heavy (non-hydrogen) atoms. The number of aromatic nitrogens is 2. The van der Waals surface area contributed by atoms with Crippen molar-refractivity contribution in [1.82, 2.24) is 14.3 Å². The number of sulfonamides is 1. The predicted octanol–water partition coefficient (Wildman–Crippen LogP) is 2.04. The van der Waals surface area contributed by atoms with Gasteiger partial charge in [-0.2, -0.15) is 0 Å². The second-order valence-electron chi connectivity index (χ2n) is 5.19. The maximum Gasteiger partial charge on any atom is 0.260 e. The molecule has 0 bridgehead atoms. The normalized spacial score (nSPS) is 18.3. The Balaban J connectivity index is 2.22. The summed E-state index contributed by atoms with van der Waals surface area (Å²) < 4.78 is 29.2. The molecule has 0 unspecified atom stereocenters. The van der Waals surface area contributed by atoms with Crippen LogP contribution in [0.25, 0.3) is 0 Å². The van der Waals surface area contributed by atoms with E-state index in [-0.39, 0.29) is 5.03 Å². The summed E-state index contributed by atoms with van der Waals surface area (Å²) in [4.78, 5) is 4.15. The average Bonchev–Trinajstić information content (AvgIpc) is 2.67. The average molecular weight is 306 g/mol. The molecule has 1 fully saturated rings. The van der Waals surface area contributed by atoms with Gasteiger partial charge in [-0.25, -0.2) is 18.1 Å². The molecule has 108 valence electrons. The van der Waals surface area contributed by atoms with Gasteiger partial charge in [0.15, 0.2) is 5.03 Å². The summed E-state index contributed by atoms with van der Waals surface area (Å²) in [5.74, 6) is 1.02. The highest BCUT2D eigenvalue weighted by atomic mass is 35.5. The van der Waals surface area contributed by atoms with E-state index in [0.29, 0.717) is 5.88 Å². The molecule has 1 aliphatic carbocycles. The van der Waals surface area contributed by atoms with Crippen LogP contribution in [-0.4, -0.2) is 29.4 Å². The number of imidazole rings is 1. The largest absolute Gasteiger partial charge is 0.334 e. The van der Waals surface area contributed by atoms with Crippen molar-refractivity contribution in [2.24, 2.45) is 0 Å². The third-order valence-corrected chi connectivity index (χ3v) is 5.57. The summed E-state index contributed by atoms with van der Waals surface area (Å²) in [5, 5.41) is 0.0924. The molecule has 1 saturated carbocycles. The molecular formula is C12H20ClN3O2S. The number of rotatable bonds is 6. The lowest BCUT2D eigenvalue weighted by Crippen LogP contribution is -2.54. The first-order valence-electron chi connectivity index (χ1n) is 6.56. The second-order valence-corrected chi connectivity index (χ2v) is 7.09. The minimum Gasteiger partial charge on any atom is -0.334 e. The van der Waals surface area contributed by atoms with Crippen molar-refractivity contribution >= 4 is 21.6 Å². The summed E-state index contributed by atoms with van der Waals surface area (Å²) in [6.07, 6.45) is 5.14. The standard InChI is InChI=1S/C12H20ClN3O2S/c1-3-7-16-8-11(14-10(16)2)19(17,18)15-12(9-13)5-4-6-12/h8,15H,3-7,9H2,1-2H3. The van der Waals surface area contributed by atoms with Gasteiger partial charge < -0.3 is 4.57 Å². The smallest absolute Gasteiger partial charge is 0.260 e. The summed E-state index contributed by atoms with van der Waals surface area (Å²) in [5.41, 5.74) is -0.469. The van der Waals surface area contributed by atoms with Crippen LogP contribution in [0.5, 0.6) is 0 Å². The minimum atomic E-state index is -3.58. The highest BCUT2D eigenvalue weighted by Crippen LogP contribution is 2.34. The van der Waals surface area contributed by atoms with Crippen molar-refractivity contribution in [2.75, 3.05) is 5.88 Å². The van der Waals surface area contributed by atoms with Crippen LogP contribution in [0.2, 0.25) is 0 Å². The van der Waals surface area contributed by atoms with E-state index in [0.717, 1.165) is 38.1 Å². The van der Waals surface area contributed by atoms with Crippen molar-refractivity contribution in [2.45, 2.75) is 56.6 Å². The lowest BCUT2D eigenvalue weighted by atomic mass is 9.79. The maximum absolute atomic E-state index is 12.3. The summed E-state index contributed by atoms with van der Waals surface area (Å²) in [6.45, 7) is 4.63. The van der Waals surface area contributed by atoms with Crippen LogP contribution in [0.15, 0.2) is 11.2 Å². The van der Waals surface area contributed by atoms with Gasteiger partial charge in [0.2, 0.25) is 0 Å². The van der Waals surface area contributed by atoms with E-state index in [2.05, 4.69) is 9.71 Å². The van der Waals surface area contributed by atoms with E-state index >= 15 is 0 Å². The molecule has 2 rings (SSSR count). The molecule has 1 N–H and O–H groups in total. The van der Waals surface area contributed by atoms with Crippen LogP contribution in [0.4, 0.5) is 0 Å². The zero-order valence-electron chi connectivity index (χ0n) is 11.3. The van der Waals surface area contributed by atoms with Crippen LogP contribution < -0.4 is 4.72 Å². The van der Waals surface area contributed by atoms with Crippen molar-refractivity contribution in [3.05, 3.63) is 12.0 Å². The van der Waals surface area contributed by atoms with Gasteiger partial charge in [-0.15, -0.1) is 11.6 Å². The van der Waals surface area contributed by atoms with Gasteiger partial charge in [-0.3, -0.25) is 0 Å². The van der Waals surface area contributed by atoms with Gasteiger partial charge >= 0.3 is 0 Å². The number of aryl methyl sites for hydroxylation is 2. The van der Waals surface area contributed by atoms with E-state index in [1.165, 1.54) is 0 Å². The molecule has 7 heteroatoms. The Hall–Kier alpha value is -0.590. The zero-order chi connectivity index (χ0) is 14.1. The Morgan fingerprint density at radius 2 is 2.21 bits per heavy atom. The fraction of sp³-hybridized carbons (Fsp3) is 0.750. The molecule has 5 nitrogen and oxygen atoms in total. The van der Waals surface area contributed by atoms with Gasteiger partial charge in [0, 0.05) is 24.2 Å². The number of nitrogens with one attached hydrogen (secondary N) is 1. The van der Waals surface area contributed by atoms with Crippen molar-refractivity contribution in [3.63, 3.8) is 0 Å². The number of halogens is 1. The third-order valence-electron chi connectivity index (χ3n) is 3.61. The van der Waals surface area contributed by atoms with E-state index in [1.807, 2.05) is 18.4 Å². The molecule has 0 atom stereocenters. The van der Waals surface area contributed by atoms with Crippen LogP contribution >= 0.6 is 11.6 Å². The molecular weight excluding hydrogens is 286 g/mol. The third kappa shape index (κ3) is 2.95. The van der Waals surface area contributed by atoms with E-state index in [1.54, 1.807) is 6.20 Å². The van der Waals surface area contributed by atoms with Gasteiger partial charge in [-0.05, 0) is 32.6 Å². The first-order chi connectivity index (χ1) is 8.92. The highest BCUT2D eigenvalue weighted by molar-refractivity contribution is 7.89. The Morgan fingerprint density at radius 1 is 1.53 bits per heavy atom. The first-order valence-corrected chi connectivity index (χ1v) is 8.58. The summed E-state index contributed by atoms with van der Waals surface area (Å²) in [6, 6.07) is 0. The van der Waals surface area contributed by atoms with E-state index in [4.69, 9.17) is 11.6 Å². The number of nitrogens with zero attached hydrogens (tertiary/aromatic N) is 2. The van der Waals surface area contributed by atoms with Gasteiger partial charge in [0.1, 0.15) is 5.82 Å². The summed E-state index contributed by atoms with van der Waals surface area (Å²) >= 11 is 5.89. The van der Waals surface area contributed by atoms with Crippen LogP contribution in [0.1, 0.15) is 38.4 Å². The van der Waals surface area contributed by atoms with Crippen LogP contribution in [-0.2, 0) is 16.6 Å². The molecule has 1 heterocycles. The number of alkyl halides is 1. The fourth-order valence-corrected chi connectivity index (χ4v) is 4.16. The highest BCUT2D eigenvalue weighted by Gasteiger charge is 2.40. The Morgan fingerprint density at radius 3 is 2.68 bits per heavy atom. The minimum absolute atomic E-state index is 0.0924. The molecule has 0 radical (unpaired) electrons. The zero-order valence-corrected chi connectivity index (χ0v) is 12.9. The maximum atomic E-state index is 12.3. The first kappa shape index (κ1) is 14.8. The fourth-order valence-electron chi connectivity index (χ4n) is 2.28. The molecule has 0 amide bonds. The molecule has 1 aromatic rings. The molecule has 1 aliphatic rings. The number of hydrogen-bond donors (Lipinski definition) is 1. The van der Waals surface area contributed by atoms with Crippen LogP contribution in [0.3, 0.4) is 0 Å².